The SMILES string of the molecule is OC1CCC2COCOC12. The molecule has 0 aromatic carbocycles. The van der Waals surface area contributed by atoms with Gasteiger partial charge in [-0.15, -0.1) is 0 Å². The lowest BCUT2D eigenvalue weighted by atomic mass is 10.1. The summed E-state index contributed by atoms with van der Waals surface area (Å²) in [6.07, 6.45) is 1.74. The average molecular weight is 144 g/mol. The Hall–Kier alpha value is -0.120. The fourth-order valence-electron chi connectivity index (χ4n) is 1.78. The van der Waals surface area contributed by atoms with E-state index in [4.69, 9.17) is 9.47 Å². The van der Waals surface area contributed by atoms with E-state index in [0.29, 0.717) is 12.7 Å². The molecule has 0 bridgehead atoms. The smallest absolute Gasteiger partial charge is 0.147 e. The maximum absolute atomic E-state index is 9.34. The van der Waals surface area contributed by atoms with Crippen LogP contribution in [0.1, 0.15) is 12.8 Å². The third-order valence-electron chi connectivity index (χ3n) is 2.35. The van der Waals surface area contributed by atoms with Gasteiger partial charge in [0, 0.05) is 5.92 Å². The number of hydrogen-bond donors (Lipinski definition) is 1. The fourth-order valence-corrected chi connectivity index (χ4v) is 1.78. The van der Waals surface area contributed by atoms with E-state index in [2.05, 4.69) is 0 Å². The number of ether oxygens (including phenoxy) is 2. The number of aliphatic hydroxyl groups is 1. The minimum atomic E-state index is -0.242. The molecule has 1 aliphatic carbocycles. The lowest BCUT2D eigenvalue weighted by molar-refractivity contribution is -0.180. The molecule has 0 amide bonds. The van der Waals surface area contributed by atoms with Crippen LogP contribution in [0.15, 0.2) is 0 Å². The van der Waals surface area contributed by atoms with Gasteiger partial charge in [-0.1, -0.05) is 0 Å². The first-order chi connectivity index (χ1) is 4.88. The summed E-state index contributed by atoms with van der Waals surface area (Å²) < 4.78 is 10.3. The Morgan fingerprint density at radius 3 is 3.00 bits per heavy atom. The number of rotatable bonds is 0. The first-order valence-corrected chi connectivity index (χ1v) is 3.75. The second-order valence-electron chi connectivity index (χ2n) is 3.02. The Bertz CT molecular complexity index is 124. The van der Waals surface area contributed by atoms with Crippen LogP contribution in [0, 0.1) is 5.92 Å². The highest BCUT2D eigenvalue weighted by molar-refractivity contribution is 4.86. The predicted octanol–water partition coefficient (Wildman–Crippen LogP) is 0.130. The van der Waals surface area contributed by atoms with Crippen molar-refractivity contribution < 1.29 is 14.6 Å². The Labute approximate surface area is 59.9 Å². The van der Waals surface area contributed by atoms with Gasteiger partial charge in [0.05, 0.1) is 18.8 Å². The van der Waals surface area contributed by atoms with Gasteiger partial charge in [0.1, 0.15) is 6.79 Å². The molecule has 2 rings (SSSR count). The van der Waals surface area contributed by atoms with E-state index in [-0.39, 0.29) is 12.2 Å². The van der Waals surface area contributed by atoms with Crippen LogP contribution in [-0.4, -0.2) is 30.7 Å². The van der Waals surface area contributed by atoms with Gasteiger partial charge in [0.25, 0.3) is 0 Å². The first kappa shape index (κ1) is 6.58. The molecule has 2 fully saturated rings. The van der Waals surface area contributed by atoms with E-state index in [1.165, 1.54) is 0 Å². The molecule has 1 saturated carbocycles. The molecular weight excluding hydrogens is 132 g/mol. The van der Waals surface area contributed by atoms with Crippen molar-refractivity contribution in [2.24, 2.45) is 5.92 Å². The average Bonchev–Trinajstić information content (AvgIpc) is 2.34. The van der Waals surface area contributed by atoms with Crippen LogP contribution in [0.5, 0.6) is 0 Å². The molecule has 0 aromatic heterocycles. The molecule has 58 valence electrons. The molecule has 1 aliphatic heterocycles. The first-order valence-electron chi connectivity index (χ1n) is 3.75. The van der Waals surface area contributed by atoms with Gasteiger partial charge in [-0.05, 0) is 12.8 Å². The molecule has 2 aliphatic rings. The second kappa shape index (κ2) is 2.49. The van der Waals surface area contributed by atoms with Crippen molar-refractivity contribution in [3.05, 3.63) is 0 Å². The highest BCUT2D eigenvalue weighted by atomic mass is 16.7. The predicted molar refractivity (Wildman–Crippen MR) is 34.4 cm³/mol. The van der Waals surface area contributed by atoms with Crippen molar-refractivity contribution in [3.63, 3.8) is 0 Å². The molecule has 3 heteroatoms. The summed E-state index contributed by atoms with van der Waals surface area (Å²) in [5.41, 5.74) is 0. The Morgan fingerprint density at radius 2 is 2.20 bits per heavy atom. The monoisotopic (exact) mass is 144 g/mol. The van der Waals surface area contributed by atoms with Crippen LogP contribution in [0.2, 0.25) is 0 Å². The highest BCUT2D eigenvalue weighted by Gasteiger charge is 2.37. The molecule has 0 aromatic rings. The van der Waals surface area contributed by atoms with Gasteiger partial charge in [-0.25, -0.2) is 0 Å². The zero-order valence-corrected chi connectivity index (χ0v) is 5.82. The van der Waals surface area contributed by atoms with Crippen molar-refractivity contribution in [3.8, 4) is 0 Å². The molecule has 3 unspecified atom stereocenters. The van der Waals surface area contributed by atoms with Crippen LogP contribution >= 0.6 is 0 Å². The number of aliphatic hydroxyl groups excluding tert-OH is 1. The van der Waals surface area contributed by atoms with E-state index in [9.17, 15) is 5.11 Å². The molecule has 3 nitrogen and oxygen atoms in total. The molecule has 1 saturated heterocycles. The maximum atomic E-state index is 9.34. The van der Waals surface area contributed by atoms with Crippen LogP contribution in [0.3, 0.4) is 0 Å². The molecule has 3 atom stereocenters. The molecular formula is C7H12O3. The van der Waals surface area contributed by atoms with Gasteiger partial charge in [-0.2, -0.15) is 0 Å². The Kier molecular flexibility index (Phi) is 1.64. The summed E-state index contributed by atoms with van der Waals surface area (Å²) in [6.45, 7) is 1.12. The van der Waals surface area contributed by atoms with Gasteiger partial charge < -0.3 is 14.6 Å². The van der Waals surface area contributed by atoms with Gasteiger partial charge >= 0.3 is 0 Å². The third kappa shape index (κ3) is 0.944. The van der Waals surface area contributed by atoms with Crippen LogP contribution in [0.25, 0.3) is 0 Å². The summed E-state index contributed by atoms with van der Waals surface area (Å²) in [7, 11) is 0. The fraction of sp³-hybridized carbons (Fsp3) is 1.00. The van der Waals surface area contributed by atoms with Crippen molar-refractivity contribution >= 4 is 0 Å². The topological polar surface area (TPSA) is 38.7 Å². The van der Waals surface area contributed by atoms with E-state index in [0.717, 1.165) is 19.4 Å². The van der Waals surface area contributed by atoms with Gasteiger partial charge in [0.2, 0.25) is 0 Å². The molecule has 0 spiro atoms. The summed E-state index contributed by atoms with van der Waals surface area (Å²) in [4.78, 5) is 0. The third-order valence-corrected chi connectivity index (χ3v) is 2.35. The van der Waals surface area contributed by atoms with E-state index < -0.39 is 0 Å². The van der Waals surface area contributed by atoms with E-state index in [1.54, 1.807) is 0 Å². The largest absolute Gasteiger partial charge is 0.390 e. The highest BCUT2D eigenvalue weighted by Crippen LogP contribution is 2.31. The quantitative estimate of drug-likeness (QED) is 0.525. The van der Waals surface area contributed by atoms with Crippen LogP contribution in [-0.2, 0) is 9.47 Å². The minimum Gasteiger partial charge on any atom is -0.390 e. The summed E-state index contributed by atoms with van der Waals surface area (Å²) in [6, 6.07) is 0. The summed E-state index contributed by atoms with van der Waals surface area (Å²) in [5.74, 6) is 0.448. The van der Waals surface area contributed by atoms with Crippen molar-refractivity contribution in [1.82, 2.24) is 0 Å². The second-order valence-corrected chi connectivity index (χ2v) is 3.02. The maximum Gasteiger partial charge on any atom is 0.147 e. The molecule has 1 N–H and O–H groups in total. The van der Waals surface area contributed by atoms with Crippen LogP contribution in [0.4, 0.5) is 0 Å². The standard InChI is InChI=1S/C7H12O3/c8-6-2-1-5-3-9-4-10-7(5)6/h5-8H,1-4H2. The van der Waals surface area contributed by atoms with Crippen molar-refractivity contribution in [1.29, 1.82) is 0 Å². The summed E-state index contributed by atoms with van der Waals surface area (Å²) in [5, 5.41) is 9.34. The Balaban J connectivity index is 2.01. The molecule has 10 heavy (non-hydrogen) atoms. The lowest BCUT2D eigenvalue weighted by Gasteiger charge is -2.27. The van der Waals surface area contributed by atoms with E-state index in [1.807, 2.05) is 0 Å². The van der Waals surface area contributed by atoms with E-state index >= 15 is 0 Å². The zero-order valence-electron chi connectivity index (χ0n) is 5.82. The number of fused-ring (bicyclic) bond motifs is 1. The van der Waals surface area contributed by atoms with Crippen LogP contribution < -0.4 is 0 Å². The zero-order chi connectivity index (χ0) is 6.97. The van der Waals surface area contributed by atoms with Crippen molar-refractivity contribution in [2.45, 2.75) is 25.0 Å². The molecule has 0 radical (unpaired) electrons. The van der Waals surface area contributed by atoms with Gasteiger partial charge in [0.15, 0.2) is 0 Å². The van der Waals surface area contributed by atoms with Gasteiger partial charge in [-0.3, -0.25) is 0 Å². The Morgan fingerprint density at radius 1 is 1.30 bits per heavy atom. The number of hydrogen-bond acceptors (Lipinski definition) is 3. The minimum absolute atomic E-state index is 0.0637. The normalized spacial score (nSPS) is 47.1. The summed E-state index contributed by atoms with van der Waals surface area (Å²) >= 11 is 0. The molecule has 1 heterocycles. The van der Waals surface area contributed by atoms with Crippen molar-refractivity contribution in [2.75, 3.05) is 13.4 Å². The lowest BCUT2D eigenvalue weighted by Crippen LogP contribution is -2.36.